The second kappa shape index (κ2) is 6.20. The highest BCUT2D eigenvalue weighted by Gasteiger charge is 2.15. The molecule has 0 unspecified atom stereocenters. The third-order valence-electron chi connectivity index (χ3n) is 3.55. The fourth-order valence-electron chi connectivity index (χ4n) is 2.37. The summed E-state index contributed by atoms with van der Waals surface area (Å²) in [5.41, 5.74) is 0.875. The molecule has 0 fully saturated rings. The van der Waals surface area contributed by atoms with Crippen molar-refractivity contribution in [3.63, 3.8) is 0 Å². The van der Waals surface area contributed by atoms with Gasteiger partial charge in [-0.3, -0.25) is 0 Å². The molecule has 4 rings (SSSR count). The average Bonchev–Trinajstić information content (AvgIpc) is 3.04. The van der Waals surface area contributed by atoms with Crippen LogP contribution in [-0.4, -0.2) is 26.7 Å². The van der Waals surface area contributed by atoms with Crippen LogP contribution in [0.15, 0.2) is 60.7 Å². The maximum absolute atomic E-state index is 14.1. The third kappa shape index (κ3) is 2.87. The number of fused-ring (bicyclic) bond motifs is 1. The highest BCUT2D eigenvalue weighted by atomic mass is 19.1. The van der Waals surface area contributed by atoms with Crippen molar-refractivity contribution < 1.29 is 13.9 Å². The first-order valence-corrected chi connectivity index (χ1v) is 7.54. The van der Waals surface area contributed by atoms with E-state index < -0.39 is 5.95 Å². The largest absolute Gasteiger partial charge is 0.481 e. The molecule has 0 aliphatic carbocycles. The van der Waals surface area contributed by atoms with E-state index in [1.165, 1.54) is 13.2 Å². The van der Waals surface area contributed by atoms with Gasteiger partial charge >= 0.3 is 0 Å². The summed E-state index contributed by atoms with van der Waals surface area (Å²) in [6.45, 7) is 0. The molecule has 0 aliphatic rings. The zero-order valence-corrected chi connectivity index (χ0v) is 13.3. The number of ether oxygens (including phenoxy) is 2. The van der Waals surface area contributed by atoms with Crippen molar-refractivity contribution in [2.45, 2.75) is 0 Å². The molecule has 7 heteroatoms. The van der Waals surface area contributed by atoms with Gasteiger partial charge in [-0.25, -0.2) is 4.98 Å². The lowest BCUT2D eigenvalue weighted by Crippen LogP contribution is -2.04. The van der Waals surface area contributed by atoms with Gasteiger partial charge in [-0.2, -0.15) is 13.9 Å². The van der Waals surface area contributed by atoms with Crippen LogP contribution in [0.25, 0.3) is 17.0 Å². The van der Waals surface area contributed by atoms with Crippen LogP contribution < -0.4 is 9.47 Å². The lowest BCUT2D eigenvalue weighted by Gasteiger charge is -2.09. The minimum atomic E-state index is -0.514. The van der Waals surface area contributed by atoms with Crippen LogP contribution in [0.5, 0.6) is 17.5 Å². The minimum absolute atomic E-state index is 0.229. The van der Waals surface area contributed by atoms with Gasteiger partial charge in [0.1, 0.15) is 17.0 Å². The summed E-state index contributed by atoms with van der Waals surface area (Å²) >= 11 is 0. The van der Waals surface area contributed by atoms with Crippen LogP contribution in [0.3, 0.4) is 0 Å². The Hall–Kier alpha value is -3.48. The molecule has 0 radical (unpaired) electrons. The van der Waals surface area contributed by atoms with Crippen LogP contribution in [-0.2, 0) is 0 Å². The van der Waals surface area contributed by atoms with Gasteiger partial charge in [0, 0.05) is 6.07 Å². The number of aromatic nitrogens is 4. The fourth-order valence-corrected chi connectivity index (χ4v) is 2.37. The molecular weight excluding hydrogens is 323 g/mol. The first kappa shape index (κ1) is 15.1. The molecule has 4 aromatic rings. The Morgan fingerprint density at radius 3 is 2.56 bits per heavy atom. The third-order valence-corrected chi connectivity index (χ3v) is 3.55. The van der Waals surface area contributed by atoms with E-state index in [0.29, 0.717) is 22.8 Å². The topological polar surface area (TPSA) is 61.5 Å². The summed E-state index contributed by atoms with van der Waals surface area (Å²) in [7, 11) is 1.52. The summed E-state index contributed by atoms with van der Waals surface area (Å²) in [4.78, 5) is 8.71. The molecule has 0 amide bonds. The molecule has 3 heterocycles. The molecule has 0 bridgehead atoms. The maximum atomic E-state index is 14.1. The molecule has 6 nitrogen and oxygen atoms in total. The number of benzene rings is 1. The van der Waals surface area contributed by atoms with Gasteiger partial charge in [-0.05, 0) is 30.3 Å². The summed E-state index contributed by atoms with van der Waals surface area (Å²) in [6, 6.07) is 17.2. The SMILES string of the molecule is COc1cccc(-c2nc(Oc3ccccc3)c3ccc(F)n3n2)n1. The van der Waals surface area contributed by atoms with Crippen molar-refractivity contribution in [1.82, 2.24) is 19.6 Å². The molecule has 0 saturated heterocycles. The number of hydrogen-bond acceptors (Lipinski definition) is 5. The van der Waals surface area contributed by atoms with Crippen LogP contribution in [0, 0.1) is 5.95 Å². The predicted octanol–water partition coefficient (Wildman–Crippen LogP) is 3.73. The zero-order valence-electron chi connectivity index (χ0n) is 13.3. The minimum Gasteiger partial charge on any atom is -0.481 e. The Morgan fingerprint density at radius 2 is 1.76 bits per heavy atom. The number of pyridine rings is 1. The number of halogens is 1. The van der Waals surface area contributed by atoms with Gasteiger partial charge in [0.2, 0.25) is 23.5 Å². The van der Waals surface area contributed by atoms with Gasteiger partial charge < -0.3 is 9.47 Å². The van der Waals surface area contributed by atoms with Crippen LogP contribution in [0.4, 0.5) is 4.39 Å². The maximum Gasteiger partial charge on any atom is 0.247 e. The molecule has 0 atom stereocenters. The Kier molecular flexibility index (Phi) is 3.74. The first-order chi connectivity index (χ1) is 12.2. The fraction of sp³-hybridized carbons (Fsp3) is 0.0556. The van der Waals surface area contributed by atoms with Crippen molar-refractivity contribution in [1.29, 1.82) is 0 Å². The molecule has 0 N–H and O–H groups in total. The molecule has 25 heavy (non-hydrogen) atoms. The molecule has 124 valence electrons. The molecule has 3 aromatic heterocycles. The van der Waals surface area contributed by atoms with E-state index in [9.17, 15) is 4.39 Å². The van der Waals surface area contributed by atoms with Crippen molar-refractivity contribution in [2.24, 2.45) is 0 Å². The van der Waals surface area contributed by atoms with Crippen molar-refractivity contribution in [3.05, 3.63) is 66.6 Å². The average molecular weight is 336 g/mol. The van der Waals surface area contributed by atoms with Crippen LogP contribution >= 0.6 is 0 Å². The number of methoxy groups -OCH3 is 1. The van der Waals surface area contributed by atoms with Crippen LogP contribution in [0.1, 0.15) is 0 Å². The monoisotopic (exact) mass is 336 g/mol. The Labute approximate surface area is 142 Å². The Bertz CT molecular complexity index is 1030. The lowest BCUT2D eigenvalue weighted by atomic mass is 10.3. The van der Waals surface area contributed by atoms with Crippen LogP contribution in [0.2, 0.25) is 0 Å². The van der Waals surface area contributed by atoms with Crippen molar-refractivity contribution in [3.8, 4) is 29.0 Å². The van der Waals surface area contributed by atoms with E-state index >= 15 is 0 Å². The molecule has 1 aromatic carbocycles. The number of hydrogen-bond donors (Lipinski definition) is 0. The summed E-state index contributed by atoms with van der Waals surface area (Å²) in [5, 5.41) is 4.22. The van der Waals surface area contributed by atoms with Gasteiger partial charge in [0.25, 0.3) is 0 Å². The summed E-state index contributed by atoms with van der Waals surface area (Å²) in [5.74, 6) is 0.963. The van der Waals surface area contributed by atoms with E-state index in [1.54, 1.807) is 36.4 Å². The van der Waals surface area contributed by atoms with Gasteiger partial charge in [0.15, 0.2) is 0 Å². The summed E-state index contributed by atoms with van der Waals surface area (Å²) in [6.07, 6.45) is 0. The number of para-hydroxylation sites is 1. The highest BCUT2D eigenvalue weighted by molar-refractivity contribution is 5.61. The summed E-state index contributed by atoms with van der Waals surface area (Å²) < 4.78 is 26.2. The first-order valence-electron chi connectivity index (χ1n) is 7.54. The van der Waals surface area contributed by atoms with E-state index in [4.69, 9.17) is 9.47 Å². The van der Waals surface area contributed by atoms with Gasteiger partial charge in [-0.15, -0.1) is 5.10 Å². The smallest absolute Gasteiger partial charge is 0.247 e. The second-order valence-corrected chi connectivity index (χ2v) is 5.17. The van der Waals surface area contributed by atoms with Crippen molar-refractivity contribution >= 4 is 5.52 Å². The highest BCUT2D eigenvalue weighted by Crippen LogP contribution is 2.27. The normalized spacial score (nSPS) is 10.8. The molecule has 0 aliphatic heterocycles. The molecular formula is C18H13FN4O2. The molecule has 0 spiro atoms. The number of rotatable bonds is 4. The Morgan fingerprint density at radius 1 is 0.920 bits per heavy atom. The van der Waals surface area contributed by atoms with E-state index in [0.717, 1.165) is 4.52 Å². The zero-order chi connectivity index (χ0) is 17.2. The lowest BCUT2D eigenvalue weighted by molar-refractivity contribution is 0.398. The van der Waals surface area contributed by atoms with E-state index in [-0.39, 0.29) is 11.7 Å². The number of nitrogens with zero attached hydrogens (tertiary/aromatic N) is 4. The second-order valence-electron chi connectivity index (χ2n) is 5.17. The quantitative estimate of drug-likeness (QED) is 0.568. The van der Waals surface area contributed by atoms with E-state index in [2.05, 4.69) is 15.1 Å². The van der Waals surface area contributed by atoms with Crippen molar-refractivity contribution in [2.75, 3.05) is 7.11 Å². The van der Waals surface area contributed by atoms with Gasteiger partial charge in [-0.1, -0.05) is 24.3 Å². The Balaban J connectivity index is 1.86. The molecule has 0 saturated carbocycles. The standard InChI is InChI=1S/C18H13FN4O2/c1-24-16-9-5-8-13(20-16)17-21-18(25-12-6-3-2-4-7-12)14-10-11-15(19)23(14)22-17/h2-11H,1H3. The van der Waals surface area contributed by atoms with E-state index in [1.807, 2.05) is 18.2 Å². The van der Waals surface area contributed by atoms with Gasteiger partial charge in [0.05, 0.1) is 7.11 Å². The predicted molar refractivity (Wildman–Crippen MR) is 89.2 cm³/mol.